The minimum absolute atomic E-state index is 0.381. The Bertz CT molecular complexity index is 223. The molecule has 1 rings (SSSR count). The van der Waals surface area contributed by atoms with Crippen molar-refractivity contribution in [1.29, 1.82) is 0 Å². The monoisotopic (exact) mass is 213 g/mol. The van der Waals surface area contributed by atoms with Gasteiger partial charge in [0.2, 0.25) is 0 Å². The molecule has 1 aromatic heterocycles. The van der Waals surface area contributed by atoms with Crippen LogP contribution < -0.4 is 5.32 Å². The molecule has 0 amide bonds. The van der Waals surface area contributed by atoms with Crippen LogP contribution in [0.25, 0.3) is 0 Å². The number of rotatable bonds is 7. The van der Waals surface area contributed by atoms with E-state index < -0.39 is 0 Å². The second kappa shape index (κ2) is 6.90. The Morgan fingerprint density at radius 1 is 1.57 bits per heavy atom. The van der Waals surface area contributed by atoms with E-state index in [9.17, 15) is 0 Å². The topological polar surface area (TPSA) is 40.7 Å². The van der Waals surface area contributed by atoms with Gasteiger partial charge in [-0.05, 0) is 44.4 Å². The Morgan fingerprint density at radius 2 is 2.43 bits per heavy atom. The molecule has 1 unspecified atom stereocenters. The molecule has 2 N–H and O–H groups in total. The van der Waals surface area contributed by atoms with Crippen LogP contribution in [0.3, 0.4) is 0 Å². The number of unbranched alkanes of at least 4 members (excludes halogenated alkanes) is 1. The summed E-state index contributed by atoms with van der Waals surface area (Å²) >= 11 is 1.91. The van der Waals surface area contributed by atoms with E-state index in [4.69, 9.17) is 0 Å². The maximum atomic E-state index is 3.93. The zero-order valence-electron chi connectivity index (χ0n) is 8.92. The van der Waals surface area contributed by atoms with Gasteiger partial charge in [-0.2, -0.15) is 16.9 Å². The van der Waals surface area contributed by atoms with Crippen LogP contribution in [0.15, 0.2) is 12.3 Å². The number of hydrogen-bond acceptors (Lipinski definition) is 3. The lowest BCUT2D eigenvalue weighted by Crippen LogP contribution is -2.20. The standard InChI is InChI=1S/C10H19N3S/c1-9(10-5-7-12-13-10)11-6-3-4-8-14-2/h5,7,9,11H,3-4,6,8H2,1-2H3,(H,12,13). The lowest BCUT2D eigenvalue weighted by Gasteiger charge is -2.11. The molecule has 0 saturated carbocycles. The van der Waals surface area contributed by atoms with E-state index in [1.807, 2.05) is 17.8 Å². The summed E-state index contributed by atoms with van der Waals surface area (Å²) in [6, 6.07) is 2.39. The molecule has 0 spiro atoms. The summed E-state index contributed by atoms with van der Waals surface area (Å²) < 4.78 is 0. The summed E-state index contributed by atoms with van der Waals surface area (Å²) in [7, 11) is 0. The fourth-order valence-corrected chi connectivity index (χ4v) is 1.80. The van der Waals surface area contributed by atoms with Crippen LogP contribution in [0, 0.1) is 0 Å². The first-order chi connectivity index (χ1) is 6.84. The van der Waals surface area contributed by atoms with E-state index in [0.717, 1.165) is 12.2 Å². The van der Waals surface area contributed by atoms with E-state index in [1.54, 1.807) is 6.20 Å². The summed E-state index contributed by atoms with van der Waals surface area (Å²) in [6.07, 6.45) is 6.49. The Hall–Kier alpha value is -0.480. The highest BCUT2D eigenvalue weighted by atomic mass is 32.2. The Labute approximate surface area is 90.1 Å². The summed E-state index contributed by atoms with van der Waals surface area (Å²) in [4.78, 5) is 0. The number of nitrogens with one attached hydrogen (secondary N) is 2. The van der Waals surface area contributed by atoms with Crippen LogP contribution in [0.5, 0.6) is 0 Å². The van der Waals surface area contributed by atoms with Crippen molar-refractivity contribution < 1.29 is 0 Å². The van der Waals surface area contributed by atoms with Crippen LogP contribution in [0.4, 0.5) is 0 Å². The smallest absolute Gasteiger partial charge is 0.0518 e. The van der Waals surface area contributed by atoms with Gasteiger partial charge in [-0.25, -0.2) is 0 Å². The maximum absolute atomic E-state index is 3.93. The highest BCUT2D eigenvalue weighted by Crippen LogP contribution is 2.07. The lowest BCUT2D eigenvalue weighted by molar-refractivity contribution is 0.544. The maximum Gasteiger partial charge on any atom is 0.0518 e. The van der Waals surface area contributed by atoms with Crippen LogP contribution >= 0.6 is 11.8 Å². The minimum atomic E-state index is 0.381. The molecule has 1 aromatic rings. The number of hydrogen-bond donors (Lipinski definition) is 2. The average Bonchev–Trinajstić information content (AvgIpc) is 2.70. The molecule has 0 radical (unpaired) electrons. The zero-order chi connectivity index (χ0) is 10.2. The second-order valence-corrected chi connectivity index (χ2v) is 4.37. The Kier molecular flexibility index (Phi) is 5.71. The van der Waals surface area contributed by atoms with Crippen molar-refractivity contribution in [1.82, 2.24) is 15.5 Å². The predicted octanol–water partition coefficient (Wildman–Crippen LogP) is 2.20. The molecule has 1 heterocycles. The number of aromatic nitrogens is 2. The SMILES string of the molecule is CSCCCCNC(C)c1ccn[nH]1. The fourth-order valence-electron chi connectivity index (χ4n) is 1.31. The van der Waals surface area contributed by atoms with Gasteiger partial charge in [-0.1, -0.05) is 0 Å². The molecule has 0 saturated heterocycles. The molecule has 0 bridgehead atoms. The third-order valence-corrected chi connectivity index (χ3v) is 2.91. The van der Waals surface area contributed by atoms with Crippen LogP contribution in [0.2, 0.25) is 0 Å². The molecular weight excluding hydrogens is 194 g/mol. The number of thioether (sulfide) groups is 1. The third-order valence-electron chi connectivity index (χ3n) is 2.21. The highest BCUT2D eigenvalue weighted by Gasteiger charge is 2.04. The molecule has 1 atom stereocenters. The number of nitrogens with zero attached hydrogens (tertiary/aromatic N) is 1. The predicted molar refractivity (Wildman–Crippen MR) is 62.6 cm³/mol. The van der Waals surface area contributed by atoms with Crippen molar-refractivity contribution in [2.45, 2.75) is 25.8 Å². The van der Waals surface area contributed by atoms with Gasteiger partial charge in [0, 0.05) is 12.2 Å². The van der Waals surface area contributed by atoms with Gasteiger partial charge < -0.3 is 5.32 Å². The average molecular weight is 213 g/mol. The number of aromatic amines is 1. The molecule has 0 aliphatic rings. The Morgan fingerprint density at radius 3 is 3.07 bits per heavy atom. The molecule has 4 heteroatoms. The lowest BCUT2D eigenvalue weighted by atomic mass is 10.2. The summed E-state index contributed by atoms with van der Waals surface area (Å²) in [6.45, 7) is 3.24. The summed E-state index contributed by atoms with van der Waals surface area (Å²) in [5, 5.41) is 10.4. The van der Waals surface area contributed by atoms with Crippen molar-refractivity contribution in [2.75, 3.05) is 18.6 Å². The molecule has 0 aliphatic carbocycles. The van der Waals surface area contributed by atoms with Crippen molar-refractivity contribution in [2.24, 2.45) is 0 Å². The van der Waals surface area contributed by atoms with Gasteiger partial charge in [0.05, 0.1) is 5.69 Å². The van der Waals surface area contributed by atoms with Crippen LogP contribution in [0.1, 0.15) is 31.5 Å². The zero-order valence-corrected chi connectivity index (χ0v) is 9.73. The van der Waals surface area contributed by atoms with E-state index in [2.05, 4.69) is 28.7 Å². The van der Waals surface area contributed by atoms with E-state index in [0.29, 0.717) is 6.04 Å². The molecule has 0 fully saturated rings. The Balaban J connectivity index is 2.07. The third kappa shape index (κ3) is 4.15. The molecule has 80 valence electrons. The normalized spacial score (nSPS) is 13.0. The van der Waals surface area contributed by atoms with Crippen molar-refractivity contribution >= 4 is 11.8 Å². The van der Waals surface area contributed by atoms with Crippen molar-refractivity contribution in [3.63, 3.8) is 0 Å². The van der Waals surface area contributed by atoms with Crippen LogP contribution in [-0.4, -0.2) is 28.8 Å². The van der Waals surface area contributed by atoms with E-state index in [-0.39, 0.29) is 0 Å². The van der Waals surface area contributed by atoms with Gasteiger partial charge in [-0.15, -0.1) is 0 Å². The largest absolute Gasteiger partial charge is 0.309 e. The first kappa shape index (κ1) is 11.6. The summed E-state index contributed by atoms with van der Waals surface area (Å²) in [5.41, 5.74) is 1.16. The van der Waals surface area contributed by atoms with Crippen LogP contribution in [-0.2, 0) is 0 Å². The minimum Gasteiger partial charge on any atom is -0.309 e. The van der Waals surface area contributed by atoms with Gasteiger partial charge >= 0.3 is 0 Å². The summed E-state index contributed by atoms with van der Waals surface area (Å²) in [5.74, 6) is 1.26. The first-order valence-electron chi connectivity index (χ1n) is 5.06. The number of H-pyrrole nitrogens is 1. The molecule has 3 nitrogen and oxygen atoms in total. The molecule has 14 heavy (non-hydrogen) atoms. The quantitative estimate of drug-likeness (QED) is 0.682. The molecular formula is C10H19N3S. The first-order valence-corrected chi connectivity index (χ1v) is 6.45. The van der Waals surface area contributed by atoms with E-state index in [1.165, 1.54) is 18.6 Å². The van der Waals surface area contributed by atoms with Crippen molar-refractivity contribution in [3.05, 3.63) is 18.0 Å². The van der Waals surface area contributed by atoms with Gasteiger partial charge in [0.1, 0.15) is 0 Å². The van der Waals surface area contributed by atoms with Gasteiger partial charge in [-0.3, -0.25) is 5.10 Å². The van der Waals surface area contributed by atoms with Gasteiger partial charge in [0.25, 0.3) is 0 Å². The van der Waals surface area contributed by atoms with E-state index >= 15 is 0 Å². The second-order valence-electron chi connectivity index (χ2n) is 3.39. The fraction of sp³-hybridized carbons (Fsp3) is 0.700. The van der Waals surface area contributed by atoms with Crippen molar-refractivity contribution in [3.8, 4) is 0 Å². The highest BCUT2D eigenvalue weighted by molar-refractivity contribution is 7.98. The molecule has 0 aromatic carbocycles. The molecule has 0 aliphatic heterocycles. The van der Waals surface area contributed by atoms with Gasteiger partial charge in [0.15, 0.2) is 0 Å².